The molecule has 1 fully saturated rings. The first kappa shape index (κ1) is 18.8. The van der Waals surface area contributed by atoms with Crippen LogP contribution in [-0.2, 0) is 10.0 Å². The predicted octanol–water partition coefficient (Wildman–Crippen LogP) is 2.89. The highest BCUT2D eigenvalue weighted by atomic mass is 32.2. The molecular formula is C18H21N3O5S. The minimum atomic E-state index is -3.28. The minimum absolute atomic E-state index is 0.140. The number of urea groups is 1. The number of nitrogens with one attached hydrogen (secondary N) is 2. The van der Waals surface area contributed by atoms with Crippen molar-refractivity contribution in [2.75, 3.05) is 41.5 Å². The number of carbonyl (C=O) groups is 1. The van der Waals surface area contributed by atoms with Crippen LogP contribution in [0, 0.1) is 0 Å². The summed E-state index contributed by atoms with van der Waals surface area (Å²) in [5.74, 6) is 1.05. The third kappa shape index (κ3) is 4.08. The fourth-order valence-electron chi connectivity index (χ4n) is 2.94. The van der Waals surface area contributed by atoms with Crippen molar-refractivity contribution in [2.24, 2.45) is 0 Å². The number of nitrogens with zero attached hydrogens (tertiary/aromatic N) is 1. The third-order valence-corrected chi connectivity index (χ3v) is 6.01. The average molecular weight is 391 g/mol. The van der Waals surface area contributed by atoms with Gasteiger partial charge in [0.2, 0.25) is 10.0 Å². The van der Waals surface area contributed by atoms with Gasteiger partial charge in [-0.3, -0.25) is 4.31 Å². The monoisotopic (exact) mass is 391 g/mol. The summed E-state index contributed by atoms with van der Waals surface area (Å²) in [5.41, 5.74) is 1.46. The highest BCUT2D eigenvalue weighted by Crippen LogP contribution is 2.34. The topological polar surface area (TPSA) is 97.0 Å². The molecule has 8 nitrogen and oxygen atoms in total. The van der Waals surface area contributed by atoms with Crippen molar-refractivity contribution in [1.29, 1.82) is 0 Å². The van der Waals surface area contributed by atoms with Crippen LogP contribution in [0.5, 0.6) is 11.5 Å². The molecule has 9 heteroatoms. The summed E-state index contributed by atoms with van der Waals surface area (Å²) in [6, 6.07) is 11.4. The molecule has 0 atom stereocenters. The third-order valence-electron chi connectivity index (χ3n) is 4.14. The van der Waals surface area contributed by atoms with Gasteiger partial charge in [0.25, 0.3) is 0 Å². The number of amides is 2. The number of sulfonamides is 1. The number of rotatable bonds is 5. The van der Waals surface area contributed by atoms with Crippen LogP contribution in [0.15, 0.2) is 42.5 Å². The van der Waals surface area contributed by atoms with E-state index in [9.17, 15) is 13.2 Å². The van der Waals surface area contributed by atoms with E-state index in [-0.39, 0.29) is 5.75 Å². The SMILES string of the molecule is COc1cccc(NC(=O)Nc2cccc(N3CCCS3(=O)=O)c2)c1OC. The Morgan fingerprint density at radius 1 is 1.07 bits per heavy atom. The molecule has 0 bridgehead atoms. The van der Waals surface area contributed by atoms with Crippen LogP contribution in [0.1, 0.15) is 6.42 Å². The second kappa shape index (κ2) is 7.75. The van der Waals surface area contributed by atoms with Gasteiger partial charge in [-0.05, 0) is 36.8 Å². The van der Waals surface area contributed by atoms with Gasteiger partial charge in [-0.1, -0.05) is 12.1 Å². The fraction of sp³-hybridized carbons (Fsp3) is 0.278. The first-order valence-corrected chi connectivity index (χ1v) is 9.95. The maximum Gasteiger partial charge on any atom is 0.323 e. The number of benzene rings is 2. The van der Waals surface area contributed by atoms with Gasteiger partial charge in [0.05, 0.1) is 31.3 Å². The Labute approximate surface area is 158 Å². The summed E-state index contributed by atoms with van der Waals surface area (Å²) in [6.07, 6.45) is 0.593. The van der Waals surface area contributed by atoms with Crippen molar-refractivity contribution in [3.63, 3.8) is 0 Å². The number of hydrogen-bond acceptors (Lipinski definition) is 5. The predicted molar refractivity (Wildman–Crippen MR) is 104 cm³/mol. The second-order valence-electron chi connectivity index (χ2n) is 5.91. The van der Waals surface area contributed by atoms with Gasteiger partial charge in [0.1, 0.15) is 0 Å². The molecule has 0 aromatic heterocycles. The highest BCUT2D eigenvalue weighted by Gasteiger charge is 2.28. The van der Waals surface area contributed by atoms with E-state index in [0.29, 0.717) is 41.5 Å². The van der Waals surface area contributed by atoms with Crippen LogP contribution in [0.25, 0.3) is 0 Å². The Hall–Kier alpha value is -2.94. The van der Waals surface area contributed by atoms with Crippen molar-refractivity contribution < 1.29 is 22.7 Å². The summed E-state index contributed by atoms with van der Waals surface area (Å²) in [6.45, 7) is 0.443. The van der Waals surface area contributed by atoms with Gasteiger partial charge < -0.3 is 20.1 Å². The van der Waals surface area contributed by atoms with Crippen LogP contribution in [-0.4, -0.2) is 41.0 Å². The van der Waals surface area contributed by atoms with Gasteiger partial charge >= 0.3 is 6.03 Å². The Kier molecular flexibility index (Phi) is 5.41. The molecule has 2 N–H and O–H groups in total. The zero-order valence-corrected chi connectivity index (χ0v) is 15.9. The number of anilines is 3. The molecule has 0 radical (unpaired) electrons. The maximum atomic E-state index is 12.4. The van der Waals surface area contributed by atoms with E-state index < -0.39 is 16.1 Å². The normalized spacial score (nSPS) is 15.3. The highest BCUT2D eigenvalue weighted by molar-refractivity contribution is 7.93. The summed E-state index contributed by atoms with van der Waals surface area (Å²) in [5, 5.41) is 5.41. The molecule has 144 valence electrons. The molecule has 2 aromatic carbocycles. The van der Waals surface area contributed by atoms with Crippen molar-refractivity contribution in [3.8, 4) is 11.5 Å². The van der Waals surface area contributed by atoms with Gasteiger partial charge in [-0.2, -0.15) is 0 Å². The Morgan fingerprint density at radius 3 is 2.52 bits per heavy atom. The molecule has 0 unspecified atom stereocenters. The van der Waals surface area contributed by atoms with Gasteiger partial charge in [0.15, 0.2) is 11.5 Å². The molecule has 0 spiro atoms. The van der Waals surface area contributed by atoms with E-state index >= 15 is 0 Å². The van der Waals surface area contributed by atoms with Crippen LogP contribution < -0.4 is 24.4 Å². The molecule has 0 aliphatic carbocycles. The lowest BCUT2D eigenvalue weighted by atomic mass is 10.2. The van der Waals surface area contributed by atoms with Gasteiger partial charge in [0, 0.05) is 12.2 Å². The summed E-state index contributed by atoms with van der Waals surface area (Å²) < 4.78 is 36.0. The molecule has 2 amide bonds. The zero-order chi connectivity index (χ0) is 19.4. The summed E-state index contributed by atoms with van der Waals surface area (Å²) in [4.78, 5) is 12.4. The van der Waals surface area contributed by atoms with E-state index in [0.717, 1.165) is 0 Å². The summed E-state index contributed by atoms with van der Waals surface area (Å²) >= 11 is 0. The largest absolute Gasteiger partial charge is 0.493 e. The smallest absolute Gasteiger partial charge is 0.323 e. The minimum Gasteiger partial charge on any atom is -0.493 e. The van der Waals surface area contributed by atoms with E-state index in [1.807, 2.05) is 0 Å². The Bertz CT molecular complexity index is 946. The van der Waals surface area contributed by atoms with Gasteiger partial charge in [-0.25, -0.2) is 13.2 Å². The van der Waals surface area contributed by atoms with Crippen LogP contribution in [0.3, 0.4) is 0 Å². The molecule has 27 heavy (non-hydrogen) atoms. The van der Waals surface area contributed by atoms with E-state index in [1.54, 1.807) is 42.5 Å². The van der Waals surface area contributed by atoms with Crippen molar-refractivity contribution >= 4 is 33.1 Å². The van der Waals surface area contributed by atoms with Gasteiger partial charge in [-0.15, -0.1) is 0 Å². The molecule has 1 aliphatic heterocycles. The number of hydrogen-bond donors (Lipinski definition) is 2. The van der Waals surface area contributed by atoms with E-state index in [4.69, 9.17) is 9.47 Å². The molecule has 2 aromatic rings. The lowest BCUT2D eigenvalue weighted by Gasteiger charge is -2.18. The van der Waals surface area contributed by atoms with E-state index in [1.165, 1.54) is 18.5 Å². The fourth-order valence-corrected chi connectivity index (χ4v) is 4.49. The first-order valence-electron chi connectivity index (χ1n) is 8.34. The first-order chi connectivity index (χ1) is 12.9. The van der Waals surface area contributed by atoms with Crippen molar-refractivity contribution in [1.82, 2.24) is 0 Å². The lowest BCUT2D eigenvalue weighted by Crippen LogP contribution is -2.25. The second-order valence-corrected chi connectivity index (χ2v) is 7.93. The van der Waals surface area contributed by atoms with Crippen molar-refractivity contribution in [2.45, 2.75) is 6.42 Å². The molecule has 1 saturated heterocycles. The quantitative estimate of drug-likeness (QED) is 0.817. The lowest BCUT2D eigenvalue weighted by molar-refractivity contribution is 0.262. The number of ether oxygens (including phenoxy) is 2. The van der Waals surface area contributed by atoms with Crippen LogP contribution in [0.2, 0.25) is 0 Å². The van der Waals surface area contributed by atoms with Crippen LogP contribution >= 0.6 is 0 Å². The van der Waals surface area contributed by atoms with E-state index in [2.05, 4.69) is 10.6 Å². The standard InChI is InChI=1S/C18H21N3O5S/c1-25-16-9-4-8-15(17(16)26-2)20-18(22)19-13-6-3-7-14(12-13)21-10-5-11-27(21,23)24/h3-4,6-9,12H,5,10-11H2,1-2H3,(H2,19,20,22). The zero-order valence-electron chi connectivity index (χ0n) is 15.1. The van der Waals surface area contributed by atoms with Crippen LogP contribution in [0.4, 0.5) is 21.9 Å². The number of carbonyl (C=O) groups excluding carboxylic acids is 1. The molecule has 3 rings (SSSR count). The molecular weight excluding hydrogens is 370 g/mol. The molecule has 0 saturated carbocycles. The Morgan fingerprint density at radius 2 is 1.85 bits per heavy atom. The Balaban J connectivity index is 1.75. The maximum absolute atomic E-state index is 12.4. The number of methoxy groups -OCH3 is 2. The average Bonchev–Trinajstić information content (AvgIpc) is 3.00. The molecule has 1 aliphatic rings. The summed E-state index contributed by atoms with van der Waals surface area (Å²) in [7, 11) is -0.276. The number of para-hydroxylation sites is 1. The van der Waals surface area contributed by atoms with Crippen molar-refractivity contribution in [3.05, 3.63) is 42.5 Å². The molecule has 1 heterocycles.